The Morgan fingerprint density at radius 3 is 2.67 bits per heavy atom. The molecule has 0 saturated heterocycles. The number of hydrogen-bond donors (Lipinski definition) is 3. The van der Waals surface area contributed by atoms with Gasteiger partial charge in [0.1, 0.15) is 5.75 Å². The zero-order chi connectivity index (χ0) is 16.0. The topological polar surface area (TPSA) is 70.6 Å². The molecule has 0 heterocycles. The highest BCUT2D eigenvalue weighted by Gasteiger charge is 2.23. The number of urea groups is 1. The van der Waals surface area contributed by atoms with Crippen LogP contribution in [0.2, 0.25) is 0 Å². The molecule has 0 aliphatic rings. The Morgan fingerprint density at radius 2 is 2.14 bits per heavy atom. The zero-order valence-corrected chi connectivity index (χ0v) is 12.2. The first-order valence-electron chi connectivity index (χ1n) is 6.55. The van der Waals surface area contributed by atoms with E-state index < -0.39 is 18.2 Å². The van der Waals surface area contributed by atoms with Crippen molar-refractivity contribution in [1.29, 1.82) is 0 Å². The fraction of sp³-hybridized carbons (Fsp3) is 0.500. The standard InChI is InChI=1S/C14H20F2N2O3/c1-4-14(3,8-19)18-13(20)17-10-6-5-9(2)11(7-10)21-12(15)16/h5-7,12,19H,4,8H2,1-3H3,(H2,17,18,20). The van der Waals surface area contributed by atoms with Crippen molar-refractivity contribution >= 4 is 11.7 Å². The predicted molar refractivity (Wildman–Crippen MR) is 75.7 cm³/mol. The van der Waals surface area contributed by atoms with Crippen LogP contribution >= 0.6 is 0 Å². The minimum atomic E-state index is -2.93. The van der Waals surface area contributed by atoms with Crippen LogP contribution in [0.5, 0.6) is 5.75 Å². The fourth-order valence-electron chi connectivity index (χ4n) is 1.58. The Labute approximate surface area is 122 Å². The van der Waals surface area contributed by atoms with Crippen LogP contribution in [-0.4, -0.2) is 29.9 Å². The second-order valence-electron chi connectivity index (χ2n) is 5.01. The number of carbonyl (C=O) groups excluding carboxylic acids is 1. The SMILES string of the molecule is CCC(C)(CO)NC(=O)Nc1ccc(C)c(OC(F)F)c1. The van der Waals surface area contributed by atoms with Gasteiger partial charge in [0, 0.05) is 11.8 Å². The molecule has 0 aliphatic heterocycles. The van der Waals surface area contributed by atoms with Gasteiger partial charge in [0.05, 0.1) is 12.1 Å². The van der Waals surface area contributed by atoms with Crippen molar-refractivity contribution in [2.45, 2.75) is 39.3 Å². The summed E-state index contributed by atoms with van der Waals surface area (Å²) in [4.78, 5) is 11.8. The number of carbonyl (C=O) groups is 1. The van der Waals surface area contributed by atoms with Gasteiger partial charge in [0.25, 0.3) is 0 Å². The summed E-state index contributed by atoms with van der Waals surface area (Å²) in [5, 5.41) is 14.4. The van der Waals surface area contributed by atoms with Crippen molar-refractivity contribution in [2.75, 3.05) is 11.9 Å². The Morgan fingerprint density at radius 1 is 1.48 bits per heavy atom. The number of alkyl halides is 2. The van der Waals surface area contributed by atoms with Gasteiger partial charge in [-0.1, -0.05) is 13.0 Å². The first-order valence-corrected chi connectivity index (χ1v) is 6.55. The van der Waals surface area contributed by atoms with E-state index in [0.717, 1.165) is 0 Å². The third-order valence-corrected chi connectivity index (χ3v) is 3.21. The van der Waals surface area contributed by atoms with Crippen LogP contribution in [0.1, 0.15) is 25.8 Å². The molecule has 1 aromatic rings. The molecular weight excluding hydrogens is 282 g/mol. The van der Waals surface area contributed by atoms with E-state index in [1.165, 1.54) is 6.07 Å². The predicted octanol–water partition coefficient (Wildman–Crippen LogP) is 2.88. The maximum atomic E-state index is 12.3. The molecule has 0 radical (unpaired) electrons. The summed E-state index contributed by atoms with van der Waals surface area (Å²) in [6, 6.07) is 3.94. The zero-order valence-electron chi connectivity index (χ0n) is 12.2. The van der Waals surface area contributed by atoms with Crippen LogP contribution in [0, 0.1) is 6.92 Å². The minimum absolute atomic E-state index is 0.00297. The van der Waals surface area contributed by atoms with Crippen LogP contribution < -0.4 is 15.4 Å². The van der Waals surface area contributed by atoms with Crippen molar-refractivity contribution in [1.82, 2.24) is 5.32 Å². The van der Waals surface area contributed by atoms with Crippen LogP contribution in [0.25, 0.3) is 0 Å². The van der Waals surface area contributed by atoms with Crippen molar-refractivity contribution in [3.05, 3.63) is 23.8 Å². The van der Waals surface area contributed by atoms with Crippen molar-refractivity contribution in [2.24, 2.45) is 0 Å². The molecular formula is C14H20F2N2O3. The van der Waals surface area contributed by atoms with Crippen LogP contribution in [0.15, 0.2) is 18.2 Å². The minimum Gasteiger partial charge on any atom is -0.434 e. The van der Waals surface area contributed by atoms with E-state index in [-0.39, 0.29) is 12.4 Å². The van der Waals surface area contributed by atoms with Gasteiger partial charge < -0.3 is 20.5 Å². The molecule has 1 aromatic carbocycles. The molecule has 2 amide bonds. The summed E-state index contributed by atoms with van der Waals surface area (Å²) in [7, 11) is 0. The summed E-state index contributed by atoms with van der Waals surface area (Å²) in [6.07, 6.45) is 0.546. The lowest BCUT2D eigenvalue weighted by Crippen LogP contribution is -2.50. The van der Waals surface area contributed by atoms with Gasteiger partial charge in [-0.3, -0.25) is 0 Å². The van der Waals surface area contributed by atoms with E-state index >= 15 is 0 Å². The lowest BCUT2D eigenvalue weighted by Gasteiger charge is -2.27. The highest BCUT2D eigenvalue weighted by molar-refractivity contribution is 5.90. The van der Waals surface area contributed by atoms with Gasteiger partial charge in [-0.25, -0.2) is 4.79 Å². The van der Waals surface area contributed by atoms with Gasteiger partial charge in [-0.15, -0.1) is 0 Å². The molecule has 5 nitrogen and oxygen atoms in total. The van der Waals surface area contributed by atoms with Crippen molar-refractivity contribution in [3.63, 3.8) is 0 Å². The molecule has 1 rings (SSSR count). The number of hydrogen-bond acceptors (Lipinski definition) is 3. The van der Waals surface area contributed by atoms with Crippen molar-refractivity contribution < 1.29 is 23.4 Å². The molecule has 21 heavy (non-hydrogen) atoms. The Bertz CT molecular complexity index is 491. The van der Waals surface area contributed by atoms with E-state index in [4.69, 9.17) is 0 Å². The van der Waals surface area contributed by atoms with E-state index in [0.29, 0.717) is 17.7 Å². The van der Waals surface area contributed by atoms with Gasteiger partial charge >= 0.3 is 12.6 Å². The van der Waals surface area contributed by atoms with E-state index in [2.05, 4.69) is 15.4 Å². The van der Waals surface area contributed by atoms with Crippen LogP contribution in [-0.2, 0) is 0 Å². The molecule has 3 N–H and O–H groups in total. The molecule has 0 bridgehead atoms. The number of amides is 2. The lowest BCUT2D eigenvalue weighted by molar-refractivity contribution is -0.0502. The molecule has 1 unspecified atom stereocenters. The molecule has 0 fully saturated rings. The average molecular weight is 302 g/mol. The number of ether oxygens (including phenoxy) is 1. The summed E-state index contributed by atoms with van der Waals surface area (Å²) in [6.45, 7) is 2.03. The molecule has 118 valence electrons. The monoisotopic (exact) mass is 302 g/mol. The number of anilines is 1. The number of aryl methyl sites for hydroxylation is 1. The van der Waals surface area contributed by atoms with E-state index in [1.54, 1.807) is 26.0 Å². The molecule has 1 atom stereocenters. The summed E-state index contributed by atoms with van der Waals surface area (Å²) in [5.41, 5.74) is 0.122. The van der Waals surface area contributed by atoms with Gasteiger partial charge in [0.15, 0.2) is 0 Å². The summed E-state index contributed by atoms with van der Waals surface area (Å²) < 4.78 is 28.9. The third kappa shape index (κ3) is 5.18. The number of rotatable bonds is 6. The first kappa shape index (κ1) is 17.2. The molecule has 0 aliphatic carbocycles. The maximum Gasteiger partial charge on any atom is 0.387 e. The average Bonchev–Trinajstić information content (AvgIpc) is 2.41. The van der Waals surface area contributed by atoms with Crippen molar-refractivity contribution in [3.8, 4) is 5.75 Å². The summed E-state index contributed by atoms with van der Waals surface area (Å²) in [5.74, 6) is 0.00297. The highest BCUT2D eigenvalue weighted by Crippen LogP contribution is 2.24. The number of benzene rings is 1. The molecule has 7 heteroatoms. The second-order valence-corrected chi connectivity index (χ2v) is 5.01. The fourth-order valence-corrected chi connectivity index (χ4v) is 1.58. The van der Waals surface area contributed by atoms with Gasteiger partial charge in [-0.2, -0.15) is 8.78 Å². The van der Waals surface area contributed by atoms with Crippen LogP contribution in [0.3, 0.4) is 0 Å². The second kappa shape index (κ2) is 7.21. The number of aliphatic hydroxyl groups excluding tert-OH is 1. The summed E-state index contributed by atoms with van der Waals surface area (Å²) >= 11 is 0. The Hall–Kier alpha value is -1.89. The van der Waals surface area contributed by atoms with Crippen LogP contribution in [0.4, 0.5) is 19.3 Å². The number of aliphatic hydroxyl groups is 1. The lowest BCUT2D eigenvalue weighted by atomic mass is 10.0. The Kier molecular flexibility index (Phi) is 5.90. The van der Waals surface area contributed by atoms with Gasteiger partial charge in [0.2, 0.25) is 0 Å². The smallest absolute Gasteiger partial charge is 0.387 e. The maximum absolute atomic E-state index is 12.3. The molecule has 0 saturated carbocycles. The van der Waals surface area contributed by atoms with Gasteiger partial charge in [-0.05, 0) is 31.9 Å². The molecule has 0 aromatic heterocycles. The quantitative estimate of drug-likeness (QED) is 0.756. The third-order valence-electron chi connectivity index (χ3n) is 3.21. The highest BCUT2D eigenvalue weighted by atomic mass is 19.3. The normalized spacial score (nSPS) is 13.7. The molecule has 0 spiro atoms. The number of halogens is 2. The van der Waals surface area contributed by atoms with E-state index in [1.807, 2.05) is 6.92 Å². The first-order chi connectivity index (χ1) is 9.79. The largest absolute Gasteiger partial charge is 0.434 e. The Balaban J connectivity index is 2.77. The van der Waals surface area contributed by atoms with E-state index in [9.17, 15) is 18.7 Å². The number of nitrogens with one attached hydrogen (secondary N) is 2.